The summed E-state index contributed by atoms with van der Waals surface area (Å²) in [5, 5.41) is 26.7. The van der Waals surface area contributed by atoms with E-state index in [1.807, 2.05) is 0 Å². The molecule has 7 nitrogen and oxygen atoms in total. The molecule has 0 saturated carbocycles. The molecule has 2 aromatic rings. The minimum absolute atomic E-state index is 0.0256. The minimum Gasteiger partial charge on any atom is -0.394 e. The molecule has 0 saturated heterocycles. The van der Waals surface area contributed by atoms with Crippen molar-refractivity contribution >= 4 is 17.1 Å². The number of hydrogen-bond donors (Lipinski definition) is 2. The van der Waals surface area contributed by atoms with Gasteiger partial charge in [-0.2, -0.15) is 5.10 Å². The molecule has 0 atom stereocenters. The molecule has 100 valence electrons. The Kier molecular flexibility index (Phi) is 3.76. The molecule has 1 aromatic heterocycles. The van der Waals surface area contributed by atoms with Crippen LogP contribution in [0.2, 0.25) is 0 Å². The van der Waals surface area contributed by atoms with Gasteiger partial charge in [0.1, 0.15) is 0 Å². The van der Waals surface area contributed by atoms with Gasteiger partial charge in [-0.25, -0.2) is 0 Å². The van der Waals surface area contributed by atoms with Crippen LogP contribution in [0, 0.1) is 17.0 Å². The van der Waals surface area contributed by atoms with Crippen molar-refractivity contribution in [3.63, 3.8) is 0 Å². The quantitative estimate of drug-likeness (QED) is 0.633. The highest BCUT2D eigenvalue weighted by Crippen LogP contribution is 2.23. The number of rotatable bonds is 5. The maximum absolute atomic E-state index is 10.7. The number of aromatic nitrogens is 2. The van der Waals surface area contributed by atoms with Crippen LogP contribution in [0.15, 0.2) is 30.6 Å². The Hall–Kier alpha value is -2.41. The Morgan fingerprint density at radius 3 is 2.89 bits per heavy atom. The third kappa shape index (κ3) is 3.08. The average molecular weight is 262 g/mol. The number of benzene rings is 1. The van der Waals surface area contributed by atoms with Crippen LogP contribution in [-0.2, 0) is 6.54 Å². The monoisotopic (exact) mass is 262 g/mol. The van der Waals surface area contributed by atoms with Crippen LogP contribution in [0.3, 0.4) is 0 Å². The Morgan fingerprint density at radius 1 is 1.47 bits per heavy atom. The Morgan fingerprint density at radius 2 is 2.26 bits per heavy atom. The number of hydrogen-bond acceptors (Lipinski definition) is 5. The second-order valence-corrected chi connectivity index (χ2v) is 4.10. The first-order valence-electron chi connectivity index (χ1n) is 5.75. The van der Waals surface area contributed by atoms with Gasteiger partial charge in [-0.05, 0) is 19.1 Å². The summed E-state index contributed by atoms with van der Waals surface area (Å²) in [5.74, 6) is 0. The molecule has 0 aliphatic heterocycles. The number of anilines is 2. The summed E-state index contributed by atoms with van der Waals surface area (Å²) in [6, 6.07) is 4.83. The maximum atomic E-state index is 10.7. The third-order valence-corrected chi connectivity index (χ3v) is 2.64. The molecular formula is C12H14N4O3. The predicted molar refractivity (Wildman–Crippen MR) is 70.4 cm³/mol. The van der Waals surface area contributed by atoms with Crippen LogP contribution in [0.1, 0.15) is 5.56 Å². The van der Waals surface area contributed by atoms with Gasteiger partial charge >= 0.3 is 0 Å². The van der Waals surface area contributed by atoms with Gasteiger partial charge in [0.25, 0.3) is 5.69 Å². The van der Waals surface area contributed by atoms with Crippen molar-refractivity contribution in [2.75, 3.05) is 11.9 Å². The smallest absolute Gasteiger partial charge is 0.272 e. The molecule has 0 aliphatic rings. The number of nitro benzene ring substituents is 1. The van der Waals surface area contributed by atoms with Crippen molar-refractivity contribution in [1.29, 1.82) is 0 Å². The van der Waals surface area contributed by atoms with Crippen LogP contribution < -0.4 is 5.32 Å². The summed E-state index contributed by atoms with van der Waals surface area (Å²) in [5.41, 5.74) is 2.22. The topological polar surface area (TPSA) is 93.2 Å². The van der Waals surface area contributed by atoms with Crippen molar-refractivity contribution in [2.24, 2.45) is 0 Å². The van der Waals surface area contributed by atoms with E-state index in [1.165, 1.54) is 6.07 Å². The lowest BCUT2D eigenvalue weighted by Gasteiger charge is -2.04. The van der Waals surface area contributed by atoms with E-state index in [0.717, 1.165) is 11.4 Å². The highest BCUT2D eigenvalue weighted by Gasteiger charge is 2.10. The van der Waals surface area contributed by atoms with Crippen LogP contribution in [0.25, 0.3) is 0 Å². The van der Waals surface area contributed by atoms with Crippen LogP contribution >= 0.6 is 0 Å². The number of nitro groups is 1. The molecule has 0 fully saturated rings. The number of aliphatic hydroxyl groups excluding tert-OH is 1. The molecule has 0 radical (unpaired) electrons. The van der Waals surface area contributed by atoms with Gasteiger partial charge in [0, 0.05) is 23.5 Å². The largest absolute Gasteiger partial charge is 0.394 e. The molecule has 2 rings (SSSR count). The molecule has 0 spiro atoms. The molecule has 1 aromatic carbocycles. The van der Waals surface area contributed by atoms with Crippen molar-refractivity contribution in [3.8, 4) is 0 Å². The van der Waals surface area contributed by atoms with Gasteiger partial charge in [0.05, 0.1) is 30.0 Å². The number of aryl methyl sites for hydroxylation is 1. The van der Waals surface area contributed by atoms with Gasteiger partial charge in [-0.3, -0.25) is 14.8 Å². The maximum Gasteiger partial charge on any atom is 0.272 e. The number of nitrogens with zero attached hydrogens (tertiary/aromatic N) is 3. The molecular weight excluding hydrogens is 248 g/mol. The zero-order valence-corrected chi connectivity index (χ0v) is 10.4. The van der Waals surface area contributed by atoms with Crippen molar-refractivity contribution in [2.45, 2.75) is 13.5 Å². The van der Waals surface area contributed by atoms with E-state index in [2.05, 4.69) is 10.4 Å². The van der Waals surface area contributed by atoms with Crippen molar-refractivity contribution < 1.29 is 10.0 Å². The Bertz CT molecular complexity index is 594. The summed E-state index contributed by atoms with van der Waals surface area (Å²) in [6.07, 6.45) is 3.39. The van der Waals surface area contributed by atoms with E-state index in [-0.39, 0.29) is 12.3 Å². The normalized spacial score (nSPS) is 10.4. The van der Waals surface area contributed by atoms with E-state index in [9.17, 15) is 10.1 Å². The highest BCUT2D eigenvalue weighted by molar-refractivity contribution is 5.61. The SMILES string of the molecule is Cc1cc(Nc2cnn(CCO)c2)ccc1[N+](=O)[O-]. The standard InChI is InChI=1S/C12H14N4O3/c1-9-6-10(2-3-12(9)16(18)19)14-11-7-13-15(8-11)4-5-17/h2-3,6-8,14,17H,4-5H2,1H3. The zero-order valence-electron chi connectivity index (χ0n) is 10.4. The Labute approximate surface area is 109 Å². The van der Waals surface area contributed by atoms with Crippen molar-refractivity contribution in [3.05, 3.63) is 46.3 Å². The van der Waals surface area contributed by atoms with Crippen LogP contribution in [0.5, 0.6) is 0 Å². The molecule has 0 amide bonds. The predicted octanol–water partition coefficient (Wildman–Crippen LogP) is 1.84. The molecule has 2 N–H and O–H groups in total. The van der Waals surface area contributed by atoms with Crippen LogP contribution in [-0.4, -0.2) is 26.4 Å². The highest BCUT2D eigenvalue weighted by atomic mass is 16.6. The van der Waals surface area contributed by atoms with E-state index in [1.54, 1.807) is 36.1 Å². The van der Waals surface area contributed by atoms with E-state index >= 15 is 0 Å². The van der Waals surface area contributed by atoms with Crippen LogP contribution in [0.4, 0.5) is 17.1 Å². The fraction of sp³-hybridized carbons (Fsp3) is 0.250. The second-order valence-electron chi connectivity index (χ2n) is 4.10. The van der Waals surface area contributed by atoms with Gasteiger partial charge in [0.15, 0.2) is 0 Å². The van der Waals surface area contributed by atoms with Gasteiger partial charge in [-0.15, -0.1) is 0 Å². The molecule has 19 heavy (non-hydrogen) atoms. The van der Waals surface area contributed by atoms with Gasteiger partial charge < -0.3 is 10.4 Å². The first-order valence-corrected chi connectivity index (χ1v) is 5.75. The molecule has 0 unspecified atom stereocenters. The molecule has 0 aliphatic carbocycles. The third-order valence-electron chi connectivity index (χ3n) is 2.64. The lowest BCUT2D eigenvalue weighted by atomic mass is 10.2. The number of nitrogens with one attached hydrogen (secondary N) is 1. The fourth-order valence-electron chi connectivity index (χ4n) is 1.76. The first-order chi connectivity index (χ1) is 9.10. The fourth-order valence-corrected chi connectivity index (χ4v) is 1.76. The van der Waals surface area contributed by atoms with Gasteiger partial charge in [-0.1, -0.05) is 0 Å². The molecule has 1 heterocycles. The zero-order chi connectivity index (χ0) is 13.8. The lowest BCUT2D eigenvalue weighted by Crippen LogP contribution is -2.01. The van der Waals surface area contributed by atoms with E-state index in [0.29, 0.717) is 12.1 Å². The minimum atomic E-state index is -0.404. The first kappa shape index (κ1) is 13.0. The molecule has 7 heteroatoms. The second kappa shape index (κ2) is 5.49. The van der Waals surface area contributed by atoms with E-state index < -0.39 is 4.92 Å². The molecule has 0 bridgehead atoms. The summed E-state index contributed by atoms with van der Waals surface area (Å²) in [7, 11) is 0. The summed E-state index contributed by atoms with van der Waals surface area (Å²) in [6.45, 7) is 2.15. The van der Waals surface area contributed by atoms with E-state index in [4.69, 9.17) is 5.11 Å². The summed E-state index contributed by atoms with van der Waals surface area (Å²) < 4.78 is 1.61. The summed E-state index contributed by atoms with van der Waals surface area (Å²) >= 11 is 0. The number of aliphatic hydroxyl groups is 1. The lowest BCUT2D eigenvalue weighted by molar-refractivity contribution is -0.385. The van der Waals surface area contributed by atoms with Crippen molar-refractivity contribution in [1.82, 2.24) is 9.78 Å². The Balaban J connectivity index is 2.14. The summed E-state index contributed by atoms with van der Waals surface area (Å²) in [4.78, 5) is 10.3. The van der Waals surface area contributed by atoms with Gasteiger partial charge in [0.2, 0.25) is 0 Å². The average Bonchev–Trinajstić information content (AvgIpc) is 2.76.